The van der Waals surface area contributed by atoms with Crippen LogP contribution in [-0.4, -0.2) is 49.1 Å². The van der Waals surface area contributed by atoms with Crippen molar-refractivity contribution in [2.45, 2.75) is 52.0 Å². The lowest BCUT2D eigenvalue weighted by molar-refractivity contribution is -0.127. The molecule has 2 aliphatic rings. The van der Waals surface area contributed by atoms with Gasteiger partial charge in [0, 0.05) is 25.7 Å². The van der Waals surface area contributed by atoms with Gasteiger partial charge in [0.1, 0.15) is 0 Å². The van der Waals surface area contributed by atoms with Crippen molar-refractivity contribution in [1.82, 2.24) is 15.5 Å². The third kappa shape index (κ3) is 5.81. The maximum Gasteiger partial charge on any atom is 0.317 e. The first-order valence-electron chi connectivity index (χ1n) is 9.04. The molecule has 0 bridgehead atoms. The van der Waals surface area contributed by atoms with E-state index in [4.69, 9.17) is 5.73 Å². The lowest BCUT2D eigenvalue weighted by atomic mass is 9.96. The number of carbonyl (C=O) groups is 2. The number of nitrogens with two attached hydrogens (primary N) is 1. The highest BCUT2D eigenvalue weighted by Crippen LogP contribution is 2.25. The topological polar surface area (TPSA) is 87.5 Å². The highest BCUT2D eigenvalue weighted by molar-refractivity contribution is 5.85. The van der Waals surface area contributed by atoms with E-state index in [0.29, 0.717) is 31.5 Å². The fourth-order valence-electron chi connectivity index (χ4n) is 3.59. The van der Waals surface area contributed by atoms with Gasteiger partial charge in [-0.05, 0) is 44.1 Å². The Morgan fingerprint density at radius 1 is 1.21 bits per heavy atom. The van der Waals surface area contributed by atoms with Crippen molar-refractivity contribution in [2.24, 2.45) is 23.5 Å². The number of rotatable bonds is 5. The molecule has 1 aliphatic heterocycles. The summed E-state index contributed by atoms with van der Waals surface area (Å²) in [5.74, 6) is 0.843. The summed E-state index contributed by atoms with van der Waals surface area (Å²) in [5, 5.41) is 6.12. The van der Waals surface area contributed by atoms with Crippen LogP contribution in [-0.2, 0) is 4.79 Å². The van der Waals surface area contributed by atoms with Crippen molar-refractivity contribution in [3.63, 3.8) is 0 Å². The predicted octanol–water partition coefficient (Wildman–Crippen LogP) is 1.73. The number of halogens is 1. The summed E-state index contributed by atoms with van der Waals surface area (Å²) in [6.07, 6.45) is 5.02. The Hall–Kier alpha value is -1.01. The number of amides is 3. The van der Waals surface area contributed by atoms with Gasteiger partial charge in [-0.15, -0.1) is 12.4 Å². The Labute approximate surface area is 151 Å². The van der Waals surface area contributed by atoms with Gasteiger partial charge in [-0.1, -0.05) is 20.3 Å². The highest BCUT2D eigenvalue weighted by Gasteiger charge is 2.32. The van der Waals surface area contributed by atoms with Gasteiger partial charge in [0.05, 0.1) is 5.92 Å². The van der Waals surface area contributed by atoms with Gasteiger partial charge >= 0.3 is 6.03 Å². The van der Waals surface area contributed by atoms with Gasteiger partial charge < -0.3 is 21.3 Å². The number of carbonyl (C=O) groups excluding carboxylic acids is 2. The summed E-state index contributed by atoms with van der Waals surface area (Å²) in [6.45, 7) is 6.72. The molecular formula is C17H33ClN4O2. The number of piperidine rings is 1. The van der Waals surface area contributed by atoms with Crippen LogP contribution in [0.2, 0.25) is 0 Å². The van der Waals surface area contributed by atoms with E-state index in [0.717, 1.165) is 38.6 Å². The molecular weight excluding hydrogens is 328 g/mol. The van der Waals surface area contributed by atoms with E-state index >= 15 is 0 Å². The molecule has 3 amide bonds. The number of hydrogen-bond acceptors (Lipinski definition) is 3. The molecule has 1 saturated carbocycles. The van der Waals surface area contributed by atoms with E-state index in [2.05, 4.69) is 24.5 Å². The molecule has 24 heavy (non-hydrogen) atoms. The van der Waals surface area contributed by atoms with E-state index < -0.39 is 0 Å². The number of likely N-dealkylation sites (tertiary alicyclic amines) is 1. The minimum atomic E-state index is -0.0902. The van der Waals surface area contributed by atoms with Crippen LogP contribution >= 0.6 is 12.4 Å². The van der Waals surface area contributed by atoms with E-state index in [1.165, 1.54) is 0 Å². The summed E-state index contributed by atoms with van der Waals surface area (Å²) < 4.78 is 0. The summed E-state index contributed by atoms with van der Waals surface area (Å²) in [7, 11) is 0. The number of nitrogens with zero attached hydrogens (tertiary/aromatic N) is 1. The lowest BCUT2D eigenvalue weighted by Crippen LogP contribution is -2.51. The van der Waals surface area contributed by atoms with Crippen molar-refractivity contribution in [2.75, 3.05) is 26.2 Å². The second-order valence-electron chi connectivity index (χ2n) is 7.41. The van der Waals surface area contributed by atoms with Crippen LogP contribution in [0.25, 0.3) is 0 Å². The van der Waals surface area contributed by atoms with Crippen LogP contribution in [0, 0.1) is 17.8 Å². The van der Waals surface area contributed by atoms with E-state index in [1.807, 2.05) is 0 Å². The third-order valence-corrected chi connectivity index (χ3v) is 5.03. The van der Waals surface area contributed by atoms with E-state index in [1.54, 1.807) is 4.90 Å². The normalized spacial score (nSPS) is 26.8. The number of nitrogens with one attached hydrogen (secondary N) is 2. The first kappa shape index (κ1) is 21.0. The zero-order valence-corrected chi connectivity index (χ0v) is 15.7. The zero-order chi connectivity index (χ0) is 16.8. The average molecular weight is 361 g/mol. The standard InChI is InChI=1S/C17H32N4O2.ClH/c1-12(2)10-19-17(23)21-8-4-6-14(11-21)16(22)20-15-7-3-5-13(15)9-18;/h12-15H,3-11,18H2,1-2H3,(H,19,23)(H,20,22);1H. The van der Waals surface area contributed by atoms with Gasteiger partial charge in [0.25, 0.3) is 0 Å². The molecule has 1 heterocycles. The van der Waals surface area contributed by atoms with Crippen LogP contribution in [0.1, 0.15) is 46.0 Å². The summed E-state index contributed by atoms with van der Waals surface area (Å²) in [5.41, 5.74) is 5.79. The first-order chi connectivity index (χ1) is 11.0. The quantitative estimate of drug-likeness (QED) is 0.697. The minimum Gasteiger partial charge on any atom is -0.353 e. The first-order valence-corrected chi connectivity index (χ1v) is 9.04. The van der Waals surface area contributed by atoms with Crippen molar-refractivity contribution >= 4 is 24.3 Å². The molecule has 0 aromatic rings. The molecule has 1 aliphatic carbocycles. The second kappa shape index (κ2) is 10.1. The SMILES string of the molecule is CC(C)CNC(=O)N1CCCC(C(=O)NC2CCCC2CN)C1.Cl. The fourth-order valence-corrected chi connectivity index (χ4v) is 3.59. The van der Waals surface area contributed by atoms with Crippen molar-refractivity contribution in [3.8, 4) is 0 Å². The Bertz CT molecular complexity index is 419. The molecule has 0 aromatic carbocycles. The molecule has 0 aromatic heterocycles. The Kier molecular flexibility index (Phi) is 8.84. The molecule has 0 radical (unpaired) electrons. The van der Waals surface area contributed by atoms with Gasteiger partial charge in [-0.25, -0.2) is 4.79 Å². The molecule has 3 unspecified atom stereocenters. The Morgan fingerprint density at radius 3 is 2.62 bits per heavy atom. The monoisotopic (exact) mass is 360 g/mol. The maximum atomic E-state index is 12.5. The molecule has 6 nitrogen and oxygen atoms in total. The van der Waals surface area contributed by atoms with Crippen LogP contribution in [0.3, 0.4) is 0 Å². The maximum absolute atomic E-state index is 12.5. The smallest absolute Gasteiger partial charge is 0.317 e. The molecule has 4 N–H and O–H groups in total. The molecule has 1 saturated heterocycles. The molecule has 0 spiro atoms. The van der Waals surface area contributed by atoms with Crippen molar-refractivity contribution < 1.29 is 9.59 Å². The second-order valence-corrected chi connectivity index (χ2v) is 7.41. The molecule has 3 atom stereocenters. The largest absolute Gasteiger partial charge is 0.353 e. The summed E-state index contributed by atoms with van der Waals surface area (Å²) in [4.78, 5) is 26.5. The zero-order valence-electron chi connectivity index (χ0n) is 14.9. The fraction of sp³-hybridized carbons (Fsp3) is 0.882. The van der Waals surface area contributed by atoms with E-state index in [-0.39, 0.29) is 36.3 Å². The third-order valence-electron chi connectivity index (χ3n) is 5.03. The number of hydrogen-bond donors (Lipinski definition) is 3. The summed E-state index contributed by atoms with van der Waals surface area (Å²) >= 11 is 0. The molecule has 2 rings (SSSR count). The van der Waals surface area contributed by atoms with Gasteiger partial charge in [-0.2, -0.15) is 0 Å². The van der Waals surface area contributed by atoms with E-state index in [9.17, 15) is 9.59 Å². The van der Waals surface area contributed by atoms with Crippen molar-refractivity contribution in [1.29, 1.82) is 0 Å². The molecule has 7 heteroatoms. The van der Waals surface area contributed by atoms with Crippen molar-refractivity contribution in [3.05, 3.63) is 0 Å². The predicted molar refractivity (Wildman–Crippen MR) is 98.1 cm³/mol. The molecule has 140 valence electrons. The van der Waals surface area contributed by atoms with Crippen LogP contribution in [0.5, 0.6) is 0 Å². The summed E-state index contributed by atoms with van der Waals surface area (Å²) in [6, 6.07) is 0.176. The average Bonchev–Trinajstić information content (AvgIpc) is 2.99. The Balaban J connectivity index is 0.00000288. The van der Waals surface area contributed by atoms with Gasteiger partial charge in [0.2, 0.25) is 5.91 Å². The van der Waals surface area contributed by atoms with Gasteiger partial charge in [-0.3, -0.25) is 4.79 Å². The number of urea groups is 1. The van der Waals surface area contributed by atoms with Crippen LogP contribution in [0.15, 0.2) is 0 Å². The van der Waals surface area contributed by atoms with Crippen LogP contribution < -0.4 is 16.4 Å². The van der Waals surface area contributed by atoms with Gasteiger partial charge in [0.15, 0.2) is 0 Å². The Morgan fingerprint density at radius 2 is 1.96 bits per heavy atom. The van der Waals surface area contributed by atoms with Crippen LogP contribution in [0.4, 0.5) is 4.79 Å². The minimum absolute atomic E-state index is 0. The molecule has 2 fully saturated rings. The highest BCUT2D eigenvalue weighted by atomic mass is 35.5. The lowest BCUT2D eigenvalue weighted by Gasteiger charge is -2.33.